The Morgan fingerprint density at radius 1 is 1.33 bits per heavy atom. The Balaban J connectivity index is 1.99. The predicted molar refractivity (Wildman–Crippen MR) is 68.8 cm³/mol. The molecule has 1 atom stereocenters. The molecule has 1 amide bonds. The van der Waals surface area contributed by atoms with Gasteiger partial charge in [0.15, 0.2) is 17.7 Å². The molecular formula is C14H15F2NO4. The molecule has 0 spiro atoms. The Hall–Kier alpha value is -2.18. The van der Waals surface area contributed by atoms with Crippen molar-refractivity contribution in [1.29, 1.82) is 0 Å². The molecule has 1 aliphatic carbocycles. The highest BCUT2D eigenvalue weighted by atomic mass is 19.2. The van der Waals surface area contributed by atoms with Crippen LogP contribution < -0.4 is 10.1 Å². The Labute approximate surface area is 119 Å². The van der Waals surface area contributed by atoms with Crippen LogP contribution in [0.5, 0.6) is 5.75 Å². The third kappa shape index (κ3) is 3.12. The van der Waals surface area contributed by atoms with Crippen molar-refractivity contribution in [1.82, 2.24) is 5.32 Å². The molecular weight excluding hydrogens is 284 g/mol. The molecule has 0 saturated heterocycles. The number of hydrogen-bond donors (Lipinski definition) is 2. The lowest BCUT2D eigenvalue weighted by atomic mass is 9.76. The van der Waals surface area contributed by atoms with Crippen molar-refractivity contribution in [2.75, 3.05) is 0 Å². The standard InChI is InChI=1S/C14H15F2NO4/c1-8(21-9-3-4-10(15)11(16)7-9)12(18)17-14(13(19)20)5-2-6-14/h3-4,7-8H,2,5-6H2,1H3,(H,17,18)(H,19,20). The zero-order valence-electron chi connectivity index (χ0n) is 11.4. The van der Waals surface area contributed by atoms with E-state index in [0.29, 0.717) is 12.8 Å². The van der Waals surface area contributed by atoms with Gasteiger partial charge in [0.2, 0.25) is 0 Å². The highest BCUT2D eigenvalue weighted by Crippen LogP contribution is 2.32. The highest BCUT2D eigenvalue weighted by molar-refractivity contribution is 5.89. The number of carbonyl (C=O) groups excluding carboxylic acids is 1. The number of carboxylic acids is 1. The SMILES string of the molecule is CC(Oc1ccc(F)c(F)c1)C(=O)NC1(C(=O)O)CCC1. The van der Waals surface area contributed by atoms with Crippen molar-refractivity contribution in [2.24, 2.45) is 0 Å². The normalized spacial score (nSPS) is 17.5. The molecule has 114 valence electrons. The fourth-order valence-corrected chi connectivity index (χ4v) is 2.07. The van der Waals surface area contributed by atoms with Crippen LogP contribution in [0, 0.1) is 11.6 Å². The molecule has 5 nitrogen and oxygen atoms in total. The second kappa shape index (κ2) is 5.67. The van der Waals surface area contributed by atoms with Crippen LogP contribution in [-0.2, 0) is 9.59 Å². The van der Waals surface area contributed by atoms with E-state index in [4.69, 9.17) is 9.84 Å². The fourth-order valence-electron chi connectivity index (χ4n) is 2.07. The summed E-state index contributed by atoms with van der Waals surface area (Å²) in [5, 5.41) is 11.6. The van der Waals surface area contributed by atoms with Crippen molar-refractivity contribution in [2.45, 2.75) is 37.8 Å². The van der Waals surface area contributed by atoms with Gasteiger partial charge in [-0.15, -0.1) is 0 Å². The molecule has 0 aliphatic heterocycles. The van der Waals surface area contributed by atoms with Gasteiger partial charge in [0, 0.05) is 6.07 Å². The number of nitrogens with one attached hydrogen (secondary N) is 1. The van der Waals surface area contributed by atoms with E-state index in [2.05, 4.69) is 5.32 Å². The Kier molecular flexibility index (Phi) is 4.11. The minimum absolute atomic E-state index is 0.00506. The van der Waals surface area contributed by atoms with Crippen LogP contribution in [0.25, 0.3) is 0 Å². The molecule has 1 aromatic carbocycles. The zero-order chi connectivity index (χ0) is 15.6. The van der Waals surface area contributed by atoms with Crippen LogP contribution in [0.4, 0.5) is 8.78 Å². The monoisotopic (exact) mass is 299 g/mol. The van der Waals surface area contributed by atoms with Crippen LogP contribution in [0.15, 0.2) is 18.2 Å². The minimum atomic E-state index is -1.23. The van der Waals surface area contributed by atoms with Gasteiger partial charge < -0.3 is 15.2 Å². The lowest BCUT2D eigenvalue weighted by molar-refractivity contribution is -0.152. The van der Waals surface area contributed by atoms with Gasteiger partial charge in [-0.1, -0.05) is 0 Å². The topological polar surface area (TPSA) is 75.6 Å². The van der Waals surface area contributed by atoms with Crippen LogP contribution in [-0.4, -0.2) is 28.6 Å². The van der Waals surface area contributed by atoms with E-state index < -0.39 is 35.2 Å². The second-order valence-electron chi connectivity index (χ2n) is 5.07. The summed E-state index contributed by atoms with van der Waals surface area (Å²) in [6, 6.07) is 2.91. The number of halogens is 2. The summed E-state index contributed by atoms with van der Waals surface area (Å²) in [6.45, 7) is 1.41. The number of hydrogen-bond acceptors (Lipinski definition) is 3. The van der Waals surface area contributed by atoms with Crippen molar-refractivity contribution >= 4 is 11.9 Å². The first-order valence-electron chi connectivity index (χ1n) is 6.51. The van der Waals surface area contributed by atoms with Gasteiger partial charge in [-0.2, -0.15) is 0 Å². The van der Waals surface area contributed by atoms with Crippen molar-refractivity contribution in [3.05, 3.63) is 29.8 Å². The Bertz CT molecular complexity index is 572. The van der Waals surface area contributed by atoms with Gasteiger partial charge in [0.1, 0.15) is 11.3 Å². The molecule has 1 aliphatic rings. The molecule has 1 aromatic rings. The molecule has 0 heterocycles. The summed E-state index contributed by atoms with van der Waals surface area (Å²) in [5.41, 5.74) is -1.23. The average molecular weight is 299 g/mol. The highest BCUT2D eigenvalue weighted by Gasteiger charge is 2.46. The molecule has 0 radical (unpaired) electrons. The third-order valence-electron chi connectivity index (χ3n) is 3.55. The van der Waals surface area contributed by atoms with Crippen molar-refractivity contribution in [3.8, 4) is 5.75 Å². The quantitative estimate of drug-likeness (QED) is 0.870. The molecule has 1 unspecified atom stereocenters. The molecule has 21 heavy (non-hydrogen) atoms. The number of ether oxygens (including phenoxy) is 1. The smallest absolute Gasteiger partial charge is 0.329 e. The van der Waals surface area contributed by atoms with Gasteiger partial charge in [-0.3, -0.25) is 4.79 Å². The van der Waals surface area contributed by atoms with Gasteiger partial charge in [-0.25, -0.2) is 13.6 Å². The molecule has 0 aromatic heterocycles. The van der Waals surface area contributed by atoms with Gasteiger partial charge in [0.25, 0.3) is 5.91 Å². The zero-order valence-corrected chi connectivity index (χ0v) is 11.4. The van der Waals surface area contributed by atoms with Crippen LogP contribution in [0.3, 0.4) is 0 Å². The molecule has 2 rings (SSSR count). The predicted octanol–water partition coefficient (Wildman–Crippen LogP) is 1.86. The number of carboxylic acid groups (broad SMARTS) is 1. The summed E-state index contributed by atoms with van der Waals surface area (Å²) >= 11 is 0. The van der Waals surface area contributed by atoms with Crippen LogP contribution in [0.2, 0.25) is 0 Å². The van der Waals surface area contributed by atoms with E-state index in [9.17, 15) is 18.4 Å². The summed E-state index contributed by atoms with van der Waals surface area (Å²) in [6.07, 6.45) is 0.440. The van der Waals surface area contributed by atoms with E-state index in [1.54, 1.807) is 0 Å². The summed E-state index contributed by atoms with van der Waals surface area (Å²) in [7, 11) is 0. The number of carbonyl (C=O) groups is 2. The van der Waals surface area contributed by atoms with Crippen LogP contribution >= 0.6 is 0 Å². The third-order valence-corrected chi connectivity index (χ3v) is 3.55. The second-order valence-corrected chi connectivity index (χ2v) is 5.07. The first kappa shape index (κ1) is 15.2. The van der Waals surface area contributed by atoms with Gasteiger partial charge in [0.05, 0.1) is 0 Å². The number of amides is 1. The lowest BCUT2D eigenvalue weighted by Crippen LogP contribution is -2.61. The molecule has 1 fully saturated rings. The molecule has 1 saturated carbocycles. The maximum atomic E-state index is 13.0. The van der Waals surface area contributed by atoms with E-state index in [1.165, 1.54) is 13.0 Å². The van der Waals surface area contributed by atoms with Gasteiger partial charge in [-0.05, 0) is 38.3 Å². The molecule has 0 bridgehead atoms. The van der Waals surface area contributed by atoms with E-state index in [-0.39, 0.29) is 5.75 Å². The Morgan fingerprint density at radius 3 is 2.48 bits per heavy atom. The molecule has 2 N–H and O–H groups in total. The Morgan fingerprint density at radius 2 is 2.00 bits per heavy atom. The largest absolute Gasteiger partial charge is 0.481 e. The van der Waals surface area contributed by atoms with Crippen molar-refractivity contribution < 1.29 is 28.2 Å². The summed E-state index contributed by atoms with van der Waals surface area (Å²) in [5.74, 6) is -3.79. The van der Waals surface area contributed by atoms with E-state index in [1.807, 2.05) is 0 Å². The number of rotatable bonds is 5. The average Bonchev–Trinajstić information content (AvgIpc) is 2.37. The fraction of sp³-hybridized carbons (Fsp3) is 0.429. The summed E-state index contributed by atoms with van der Waals surface area (Å²) in [4.78, 5) is 23.1. The minimum Gasteiger partial charge on any atom is -0.481 e. The molecule has 7 heteroatoms. The number of benzene rings is 1. The van der Waals surface area contributed by atoms with Gasteiger partial charge >= 0.3 is 5.97 Å². The first-order chi connectivity index (χ1) is 9.84. The lowest BCUT2D eigenvalue weighted by Gasteiger charge is -2.38. The maximum absolute atomic E-state index is 13.0. The van der Waals surface area contributed by atoms with E-state index >= 15 is 0 Å². The maximum Gasteiger partial charge on any atom is 0.329 e. The van der Waals surface area contributed by atoms with Crippen molar-refractivity contribution in [3.63, 3.8) is 0 Å². The van der Waals surface area contributed by atoms with Crippen LogP contribution in [0.1, 0.15) is 26.2 Å². The summed E-state index contributed by atoms with van der Waals surface area (Å²) < 4.78 is 31.0. The van der Waals surface area contributed by atoms with E-state index in [0.717, 1.165) is 18.6 Å². The number of aliphatic carboxylic acids is 1. The first-order valence-corrected chi connectivity index (χ1v) is 6.51.